The summed E-state index contributed by atoms with van der Waals surface area (Å²) in [4.78, 5) is 42.4. The zero-order chi connectivity index (χ0) is 23.8. The van der Waals surface area contributed by atoms with Crippen molar-refractivity contribution in [1.29, 1.82) is 0 Å². The number of azide groups is 1. The minimum absolute atomic E-state index is 0.00864. The molecule has 1 aliphatic heterocycles. The van der Waals surface area contributed by atoms with Gasteiger partial charge in [0.05, 0.1) is 12.3 Å². The van der Waals surface area contributed by atoms with Gasteiger partial charge in [-0.3, -0.25) is 4.52 Å². The highest BCUT2D eigenvalue weighted by atomic mass is 31.3. The Balaban J connectivity index is 1.75. The zero-order valence-corrected chi connectivity index (χ0v) is 18.4. The van der Waals surface area contributed by atoms with Crippen LogP contribution in [0.15, 0.2) is 23.6 Å². The first kappa shape index (κ1) is 24.7. The summed E-state index contributed by atoms with van der Waals surface area (Å²) in [6.07, 6.45) is 0.735. The summed E-state index contributed by atoms with van der Waals surface area (Å²) in [5, 5.41) is 7.53. The average Bonchev–Trinajstić information content (AvgIpc) is 3.23. The van der Waals surface area contributed by atoms with E-state index in [9.17, 15) is 23.5 Å². The van der Waals surface area contributed by atoms with Crippen LogP contribution in [0.2, 0.25) is 0 Å². The van der Waals surface area contributed by atoms with Crippen LogP contribution in [-0.4, -0.2) is 46.5 Å². The van der Waals surface area contributed by atoms with Crippen LogP contribution in [0, 0.1) is 0 Å². The molecule has 0 saturated carbocycles. The molecule has 6 N–H and O–H groups in total. The van der Waals surface area contributed by atoms with Gasteiger partial charge in [0.25, 0.3) is 0 Å². The summed E-state index contributed by atoms with van der Waals surface area (Å²) >= 11 is 0. The first-order valence-corrected chi connectivity index (χ1v) is 12.9. The number of phosphoric ester groups is 1. The summed E-state index contributed by atoms with van der Waals surface area (Å²) in [7, 11) is -16.7. The topological polar surface area (TPSA) is 274 Å². The van der Waals surface area contributed by atoms with E-state index in [0.717, 1.165) is 0 Å². The van der Waals surface area contributed by atoms with E-state index in [1.54, 1.807) is 12.1 Å². The fourth-order valence-corrected chi connectivity index (χ4v) is 6.00. The van der Waals surface area contributed by atoms with Gasteiger partial charge in [0, 0.05) is 4.91 Å². The Morgan fingerprint density at radius 3 is 2.66 bits per heavy atom. The van der Waals surface area contributed by atoms with E-state index in [1.165, 1.54) is 10.8 Å². The molecule has 0 bridgehead atoms. The Morgan fingerprint density at radius 2 is 2.00 bits per heavy atom. The van der Waals surface area contributed by atoms with E-state index in [0.29, 0.717) is 11.2 Å². The molecule has 0 amide bonds. The first-order chi connectivity index (χ1) is 14.7. The minimum atomic E-state index is -5.69. The number of fused-ring (bicyclic) bond motifs is 1. The Kier molecular flexibility index (Phi) is 6.80. The van der Waals surface area contributed by atoms with E-state index in [2.05, 4.69) is 33.3 Å². The van der Waals surface area contributed by atoms with Crippen LogP contribution < -0.4 is 5.73 Å². The number of hydrogen-bond acceptors (Lipinski definition) is 11. The molecular weight excluding hydrogens is 499 g/mol. The van der Waals surface area contributed by atoms with Crippen LogP contribution in [0.3, 0.4) is 0 Å². The van der Waals surface area contributed by atoms with Crippen LogP contribution >= 0.6 is 23.5 Å². The van der Waals surface area contributed by atoms with Crippen molar-refractivity contribution < 1.29 is 51.2 Å². The van der Waals surface area contributed by atoms with Crippen LogP contribution in [0.25, 0.3) is 16.0 Å². The van der Waals surface area contributed by atoms with Crippen molar-refractivity contribution in [1.82, 2.24) is 14.6 Å². The Hall–Kier alpha value is -1.90. The number of ether oxygens (including phenoxy) is 1. The Bertz CT molecular complexity index is 1210. The van der Waals surface area contributed by atoms with E-state index in [4.69, 9.17) is 25.8 Å². The average molecular weight is 515 g/mol. The first-order valence-electron chi connectivity index (χ1n) is 8.35. The molecule has 0 spiro atoms. The highest BCUT2D eigenvalue weighted by Gasteiger charge is 2.46. The van der Waals surface area contributed by atoms with E-state index < -0.39 is 41.9 Å². The van der Waals surface area contributed by atoms with Crippen molar-refractivity contribution in [2.45, 2.75) is 24.7 Å². The predicted octanol–water partition coefficient (Wildman–Crippen LogP) is 1.51. The largest absolute Gasteiger partial charge is 0.490 e. The van der Waals surface area contributed by atoms with Crippen LogP contribution in [0.4, 0.5) is 5.82 Å². The van der Waals surface area contributed by atoms with Gasteiger partial charge in [-0.15, -0.1) is 0 Å². The lowest BCUT2D eigenvalue weighted by Crippen LogP contribution is -2.31. The maximum atomic E-state index is 12.0. The normalized spacial score (nSPS) is 25.2. The van der Waals surface area contributed by atoms with Crippen LogP contribution in [-0.2, 0) is 31.6 Å². The van der Waals surface area contributed by atoms with Crippen molar-refractivity contribution in [3.8, 4) is 0 Å². The van der Waals surface area contributed by atoms with Crippen LogP contribution in [0.5, 0.6) is 0 Å². The molecule has 0 radical (unpaired) electrons. The molecule has 3 rings (SSSR count). The molecule has 18 nitrogen and oxygen atoms in total. The molecule has 0 aromatic carbocycles. The molecule has 176 valence electrons. The monoisotopic (exact) mass is 515 g/mol. The van der Waals surface area contributed by atoms with Crippen molar-refractivity contribution in [2.75, 3.05) is 12.3 Å². The van der Waals surface area contributed by atoms with Gasteiger partial charge in [-0.1, -0.05) is 5.11 Å². The second kappa shape index (κ2) is 8.80. The van der Waals surface area contributed by atoms with E-state index in [1.807, 2.05) is 0 Å². The van der Waals surface area contributed by atoms with Gasteiger partial charge in [-0.25, -0.2) is 23.2 Å². The van der Waals surface area contributed by atoms with Crippen molar-refractivity contribution in [2.24, 2.45) is 5.11 Å². The number of phosphoric acid groups is 3. The van der Waals surface area contributed by atoms with Gasteiger partial charge in [-0.05, 0) is 30.5 Å². The molecule has 2 aromatic heterocycles. The van der Waals surface area contributed by atoms with Gasteiger partial charge in [0.15, 0.2) is 11.5 Å². The lowest BCUT2D eigenvalue weighted by Gasteiger charge is -2.25. The SMILES string of the molecule is [N-]=[N+]=NC1(COP(=O)(O)OP(=O)(O)OP(=O)(O)O)CC[C@H](c2ccc3c(N)ncnn23)O1. The fourth-order valence-electron chi connectivity index (χ4n) is 2.94. The lowest BCUT2D eigenvalue weighted by atomic mass is 10.1. The quantitative estimate of drug-likeness (QED) is 0.137. The smallest absolute Gasteiger partial charge is 0.382 e. The van der Waals surface area contributed by atoms with Gasteiger partial charge in [0.2, 0.25) is 0 Å². The molecule has 2 aromatic rings. The predicted molar refractivity (Wildman–Crippen MR) is 102 cm³/mol. The summed E-state index contributed by atoms with van der Waals surface area (Å²) < 4.78 is 53.1. The van der Waals surface area contributed by atoms with E-state index in [-0.39, 0.29) is 18.7 Å². The fraction of sp³-hybridized carbons (Fsp3) is 0.455. The lowest BCUT2D eigenvalue weighted by molar-refractivity contribution is -0.0698. The molecule has 3 heterocycles. The molecular formula is C11H16N7O11P3. The second-order valence-electron chi connectivity index (χ2n) is 6.35. The Labute approximate surface area is 178 Å². The third-order valence-corrected chi connectivity index (χ3v) is 7.88. The molecule has 3 unspecified atom stereocenters. The van der Waals surface area contributed by atoms with Crippen LogP contribution in [0.1, 0.15) is 24.6 Å². The summed E-state index contributed by atoms with van der Waals surface area (Å²) in [6.45, 7) is -0.919. The number of rotatable bonds is 9. The number of aromatic nitrogens is 3. The summed E-state index contributed by atoms with van der Waals surface area (Å²) in [5.41, 5.74) is 13.8. The molecule has 1 saturated heterocycles. The van der Waals surface area contributed by atoms with Crippen molar-refractivity contribution in [3.05, 3.63) is 34.6 Å². The Morgan fingerprint density at radius 1 is 1.28 bits per heavy atom. The molecule has 32 heavy (non-hydrogen) atoms. The highest BCUT2D eigenvalue weighted by molar-refractivity contribution is 7.66. The molecule has 0 aliphatic carbocycles. The number of hydrogen-bond donors (Lipinski definition) is 5. The van der Waals surface area contributed by atoms with Crippen molar-refractivity contribution >= 4 is 34.8 Å². The molecule has 21 heteroatoms. The van der Waals surface area contributed by atoms with Gasteiger partial charge in [-0.2, -0.15) is 13.7 Å². The molecule has 1 aliphatic rings. The van der Waals surface area contributed by atoms with E-state index >= 15 is 0 Å². The third kappa shape index (κ3) is 5.91. The van der Waals surface area contributed by atoms with Gasteiger partial charge >= 0.3 is 23.5 Å². The number of nitrogen functional groups attached to an aromatic ring is 1. The second-order valence-corrected chi connectivity index (χ2v) is 10.8. The zero-order valence-electron chi connectivity index (χ0n) is 15.7. The number of nitrogens with zero attached hydrogens (tertiary/aromatic N) is 6. The molecule has 4 atom stereocenters. The maximum absolute atomic E-state index is 12.0. The third-order valence-electron chi connectivity index (χ3n) is 4.10. The minimum Gasteiger partial charge on any atom is -0.382 e. The van der Waals surface area contributed by atoms with Gasteiger partial charge in [0.1, 0.15) is 17.9 Å². The number of anilines is 1. The standard InChI is InChI=1S/C11H16N7O11P3/c12-10-8-2-1-7(18(8)15-6-14-10)9-3-4-11(27-9,16-17-13)5-26-31(22,23)29-32(24,25)28-30(19,20)21/h1-2,6,9H,3-5H2,(H,22,23)(H,24,25)(H2,12,14,15)(H2,19,20,21)/t9-,11?/m1/s1. The highest BCUT2D eigenvalue weighted by Crippen LogP contribution is 2.66. The summed E-state index contributed by atoms with van der Waals surface area (Å²) in [5.74, 6) is 0.207. The maximum Gasteiger partial charge on any atom is 0.490 e. The van der Waals surface area contributed by atoms with Gasteiger partial charge < -0.3 is 30.0 Å². The van der Waals surface area contributed by atoms with Crippen molar-refractivity contribution in [3.63, 3.8) is 0 Å². The molecule has 1 fully saturated rings. The number of nitrogens with two attached hydrogens (primary N) is 1. The summed E-state index contributed by atoms with van der Waals surface area (Å²) in [6, 6.07) is 3.27.